The molecule has 4 nitrogen and oxygen atoms in total. The molecule has 0 atom stereocenters. The summed E-state index contributed by atoms with van der Waals surface area (Å²) in [6, 6.07) is 7.02. The van der Waals surface area contributed by atoms with Gasteiger partial charge in [-0.25, -0.2) is 4.98 Å². The fourth-order valence-electron chi connectivity index (χ4n) is 2.08. The minimum absolute atomic E-state index is 0.193. The number of benzene rings is 1. The monoisotopic (exact) mass is 226 g/mol. The molecule has 0 bridgehead atoms. The van der Waals surface area contributed by atoms with Crippen LogP contribution in [0.4, 0.5) is 0 Å². The Labute approximate surface area is 97.1 Å². The van der Waals surface area contributed by atoms with E-state index in [9.17, 15) is 9.90 Å². The van der Waals surface area contributed by atoms with Crippen molar-refractivity contribution >= 4 is 22.7 Å². The number of fused-ring (bicyclic) bond motifs is 3. The van der Waals surface area contributed by atoms with Gasteiger partial charge in [-0.2, -0.15) is 0 Å². The van der Waals surface area contributed by atoms with Crippen molar-refractivity contribution in [2.75, 3.05) is 0 Å². The maximum absolute atomic E-state index is 11.0. The third-order valence-corrected chi connectivity index (χ3v) is 2.92. The number of hydrogen-bond acceptors (Lipinski definition) is 3. The van der Waals surface area contributed by atoms with Crippen LogP contribution in [0.3, 0.4) is 0 Å². The Balaban J connectivity index is 2.55. The molecule has 1 aromatic carbocycles. The molecule has 0 saturated heterocycles. The number of aldehydes is 1. The second-order valence-corrected chi connectivity index (χ2v) is 3.98. The largest absolute Gasteiger partial charge is 0.508 e. The molecule has 0 spiro atoms. The number of aromatic hydroxyl groups is 1. The molecule has 0 fully saturated rings. The molecule has 0 aliphatic rings. The molecule has 84 valence electrons. The lowest BCUT2D eigenvalue weighted by atomic mass is 10.1. The van der Waals surface area contributed by atoms with Crippen LogP contribution in [0.15, 0.2) is 30.5 Å². The van der Waals surface area contributed by atoms with Gasteiger partial charge in [-0.15, -0.1) is 0 Å². The second-order valence-electron chi connectivity index (χ2n) is 3.98. The van der Waals surface area contributed by atoms with Gasteiger partial charge in [-0.05, 0) is 30.5 Å². The first-order valence-electron chi connectivity index (χ1n) is 5.26. The van der Waals surface area contributed by atoms with Crippen molar-refractivity contribution < 1.29 is 9.90 Å². The predicted molar refractivity (Wildman–Crippen MR) is 64.5 cm³/mol. The lowest BCUT2D eigenvalue weighted by Gasteiger charge is -2.01. The Morgan fingerprint density at radius 2 is 2.18 bits per heavy atom. The van der Waals surface area contributed by atoms with Gasteiger partial charge in [0, 0.05) is 11.6 Å². The standard InChI is InChI=1S/C13H10N2O2/c1-8-12(7-16)15-5-4-9-2-3-10(17)6-11(9)13(15)14-8/h2-7,17H,1H3. The molecule has 0 radical (unpaired) electrons. The summed E-state index contributed by atoms with van der Waals surface area (Å²) in [6.07, 6.45) is 2.61. The number of imidazole rings is 1. The number of nitrogens with zero attached hydrogens (tertiary/aromatic N) is 2. The van der Waals surface area contributed by atoms with E-state index in [2.05, 4.69) is 4.98 Å². The summed E-state index contributed by atoms with van der Waals surface area (Å²) in [5.74, 6) is 0.193. The molecule has 0 aliphatic carbocycles. The van der Waals surface area contributed by atoms with Gasteiger partial charge in [0.05, 0.1) is 5.69 Å². The number of aryl methyl sites for hydroxylation is 1. The van der Waals surface area contributed by atoms with Gasteiger partial charge in [-0.3, -0.25) is 9.20 Å². The molecular formula is C13H10N2O2. The number of rotatable bonds is 1. The van der Waals surface area contributed by atoms with E-state index in [0.29, 0.717) is 17.0 Å². The molecule has 3 aromatic rings. The first-order chi connectivity index (χ1) is 8.20. The minimum Gasteiger partial charge on any atom is -0.508 e. The Hall–Kier alpha value is -2.36. The van der Waals surface area contributed by atoms with Gasteiger partial charge < -0.3 is 5.11 Å². The molecule has 2 heterocycles. The zero-order valence-electron chi connectivity index (χ0n) is 9.21. The maximum atomic E-state index is 11.0. The van der Waals surface area contributed by atoms with Crippen LogP contribution < -0.4 is 0 Å². The van der Waals surface area contributed by atoms with Gasteiger partial charge in [-0.1, -0.05) is 6.07 Å². The topological polar surface area (TPSA) is 54.6 Å². The van der Waals surface area contributed by atoms with Crippen LogP contribution in [-0.2, 0) is 0 Å². The van der Waals surface area contributed by atoms with Crippen molar-refractivity contribution in [2.45, 2.75) is 6.92 Å². The highest BCUT2D eigenvalue weighted by Crippen LogP contribution is 2.25. The number of pyridine rings is 1. The van der Waals surface area contributed by atoms with Crippen LogP contribution >= 0.6 is 0 Å². The quantitative estimate of drug-likeness (QED) is 0.648. The average molecular weight is 226 g/mol. The summed E-state index contributed by atoms with van der Waals surface area (Å²) in [7, 11) is 0. The number of hydrogen-bond donors (Lipinski definition) is 1. The molecule has 0 aliphatic heterocycles. The molecule has 3 rings (SSSR count). The smallest absolute Gasteiger partial charge is 0.168 e. The highest BCUT2D eigenvalue weighted by molar-refractivity contribution is 5.96. The first-order valence-corrected chi connectivity index (χ1v) is 5.26. The van der Waals surface area contributed by atoms with Gasteiger partial charge in [0.2, 0.25) is 0 Å². The van der Waals surface area contributed by atoms with E-state index in [4.69, 9.17) is 0 Å². The van der Waals surface area contributed by atoms with E-state index >= 15 is 0 Å². The third-order valence-electron chi connectivity index (χ3n) is 2.92. The minimum atomic E-state index is 0.193. The lowest BCUT2D eigenvalue weighted by Crippen LogP contribution is -1.91. The van der Waals surface area contributed by atoms with Crippen molar-refractivity contribution in [1.82, 2.24) is 9.38 Å². The zero-order chi connectivity index (χ0) is 12.0. The normalized spacial score (nSPS) is 11.1. The van der Waals surface area contributed by atoms with E-state index in [1.165, 1.54) is 0 Å². The molecule has 17 heavy (non-hydrogen) atoms. The zero-order valence-corrected chi connectivity index (χ0v) is 9.21. The van der Waals surface area contributed by atoms with E-state index in [1.807, 2.05) is 18.3 Å². The highest BCUT2D eigenvalue weighted by atomic mass is 16.3. The van der Waals surface area contributed by atoms with Crippen molar-refractivity contribution in [1.29, 1.82) is 0 Å². The Kier molecular flexibility index (Phi) is 1.92. The molecular weight excluding hydrogens is 216 g/mol. The Morgan fingerprint density at radius 1 is 1.35 bits per heavy atom. The summed E-state index contributed by atoms with van der Waals surface area (Å²) in [5.41, 5.74) is 1.93. The predicted octanol–water partition coefficient (Wildman–Crippen LogP) is 2.31. The van der Waals surface area contributed by atoms with Gasteiger partial charge in [0.15, 0.2) is 6.29 Å². The first kappa shape index (κ1) is 9.84. The summed E-state index contributed by atoms with van der Waals surface area (Å²) in [6.45, 7) is 1.80. The molecule has 0 saturated carbocycles. The molecule has 0 amide bonds. The van der Waals surface area contributed by atoms with Crippen LogP contribution in [0.1, 0.15) is 16.2 Å². The van der Waals surface area contributed by atoms with Crippen molar-refractivity contribution in [3.05, 3.63) is 41.9 Å². The van der Waals surface area contributed by atoms with E-state index in [1.54, 1.807) is 23.5 Å². The molecule has 1 N–H and O–H groups in total. The highest BCUT2D eigenvalue weighted by Gasteiger charge is 2.10. The number of carbonyl (C=O) groups excluding carboxylic acids is 1. The van der Waals surface area contributed by atoms with E-state index in [-0.39, 0.29) is 5.75 Å². The van der Waals surface area contributed by atoms with E-state index < -0.39 is 0 Å². The number of phenols is 1. The average Bonchev–Trinajstić information content (AvgIpc) is 2.65. The summed E-state index contributed by atoms with van der Waals surface area (Å²) in [4.78, 5) is 15.4. The summed E-state index contributed by atoms with van der Waals surface area (Å²) in [5, 5.41) is 11.3. The van der Waals surface area contributed by atoms with E-state index in [0.717, 1.165) is 17.1 Å². The van der Waals surface area contributed by atoms with Crippen LogP contribution in [0.2, 0.25) is 0 Å². The van der Waals surface area contributed by atoms with Crippen LogP contribution in [-0.4, -0.2) is 20.8 Å². The van der Waals surface area contributed by atoms with Crippen molar-refractivity contribution in [3.63, 3.8) is 0 Å². The Morgan fingerprint density at radius 3 is 2.94 bits per heavy atom. The van der Waals surface area contributed by atoms with Gasteiger partial charge in [0.25, 0.3) is 0 Å². The fraction of sp³-hybridized carbons (Fsp3) is 0.0769. The Bertz CT molecular complexity index is 744. The second kappa shape index (κ2) is 3.31. The summed E-state index contributed by atoms with van der Waals surface area (Å²) >= 11 is 0. The van der Waals surface area contributed by atoms with Crippen LogP contribution in [0.5, 0.6) is 5.75 Å². The van der Waals surface area contributed by atoms with Gasteiger partial charge >= 0.3 is 0 Å². The SMILES string of the molecule is Cc1nc2c3cc(O)ccc3ccn2c1C=O. The van der Waals surface area contributed by atoms with Gasteiger partial charge in [0.1, 0.15) is 17.1 Å². The molecule has 0 unspecified atom stereocenters. The third kappa shape index (κ3) is 1.30. The fourth-order valence-corrected chi connectivity index (χ4v) is 2.08. The number of aromatic nitrogens is 2. The van der Waals surface area contributed by atoms with Crippen LogP contribution in [0, 0.1) is 6.92 Å². The maximum Gasteiger partial charge on any atom is 0.168 e. The van der Waals surface area contributed by atoms with Crippen LogP contribution in [0.25, 0.3) is 16.4 Å². The molecule has 2 aromatic heterocycles. The number of phenolic OH excluding ortho intramolecular Hbond substituents is 1. The van der Waals surface area contributed by atoms with Crippen molar-refractivity contribution in [3.8, 4) is 5.75 Å². The summed E-state index contributed by atoms with van der Waals surface area (Å²) < 4.78 is 1.74. The molecule has 4 heteroatoms. The lowest BCUT2D eigenvalue weighted by molar-refractivity contribution is 0.111. The number of carbonyl (C=O) groups is 1. The van der Waals surface area contributed by atoms with Crippen molar-refractivity contribution in [2.24, 2.45) is 0 Å².